The maximum Gasteiger partial charge on any atom is 0.217 e. The lowest BCUT2D eigenvalue weighted by molar-refractivity contribution is 1.11. The molecule has 70 valence electrons. The van der Waals surface area contributed by atoms with Crippen molar-refractivity contribution < 1.29 is 0 Å². The Kier molecular flexibility index (Phi) is 1.75. The Bertz CT molecular complexity index is 596. The van der Waals surface area contributed by atoms with Gasteiger partial charge in [-0.25, -0.2) is 0 Å². The second-order valence-electron chi connectivity index (χ2n) is 2.89. The quantitative estimate of drug-likeness (QED) is 0.592. The summed E-state index contributed by atoms with van der Waals surface area (Å²) in [5, 5.41) is 7.95. The van der Waals surface area contributed by atoms with Gasteiger partial charge in [0.2, 0.25) is 4.96 Å². The third-order valence-corrected chi connectivity index (χ3v) is 3.92. The number of rotatable bonds is 1. The summed E-state index contributed by atoms with van der Waals surface area (Å²) in [6, 6.07) is 6.32. The van der Waals surface area contributed by atoms with Crippen LogP contribution in [-0.4, -0.2) is 20.9 Å². The molecule has 0 unspecified atom stereocenters. The standard InChI is InChI=1S/C9H7N3S2/c1-13-6-3-2-4-7-8(6)12-5-10-11-9(12)14-7/h2-5H,1H3. The Labute approximate surface area is 88.8 Å². The van der Waals surface area contributed by atoms with Gasteiger partial charge in [-0.05, 0) is 18.4 Å². The van der Waals surface area contributed by atoms with Crippen LogP contribution in [-0.2, 0) is 0 Å². The molecule has 0 aliphatic rings. The van der Waals surface area contributed by atoms with Crippen LogP contribution in [0.5, 0.6) is 0 Å². The summed E-state index contributed by atoms with van der Waals surface area (Å²) < 4.78 is 3.31. The van der Waals surface area contributed by atoms with E-state index in [1.807, 2.05) is 4.40 Å². The monoisotopic (exact) mass is 221 g/mol. The van der Waals surface area contributed by atoms with Crippen molar-refractivity contribution >= 4 is 38.3 Å². The van der Waals surface area contributed by atoms with E-state index >= 15 is 0 Å². The highest BCUT2D eigenvalue weighted by Crippen LogP contribution is 2.31. The number of fused-ring (bicyclic) bond motifs is 3. The molecule has 0 saturated heterocycles. The molecule has 0 radical (unpaired) electrons. The van der Waals surface area contributed by atoms with Crippen molar-refractivity contribution in [3.05, 3.63) is 24.5 Å². The molecule has 1 aromatic carbocycles. The van der Waals surface area contributed by atoms with Crippen LogP contribution in [0.25, 0.3) is 15.2 Å². The predicted molar refractivity (Wildman–Crippen MR) is 60.2 cm³/mol. The fraction of sp³-hybridized carbons (Fsp3) is 0.111. The number of hydrogen-bond donors (Lipinski definition) is 0. The van der Waals surface area contributed by atoms with E-state index in [-0.39, 0.29) is 0 Å². The van der Waals surface area contributed by atoms with Gasteiger partial charge < -0.3 is 0 Å². The minimum Gasteiger partial charge on any atom is -0.271 e. The number of para-hydroxylation sites is 1. The van der Waals surface area contributed by atoms with Crippen molar-refractivity contribution in [1.29, 1.82) is 0 Å². The number of benzene rings is 1. The number of thioether (sulfide) groups is 1. The van der Waals surface area contributed by atoms with E-state index in [9.17, 15) is 0 Å². The predicted octanol–water partition coefficient (Wildman–Crippen LogP) is 2.67. The smallest absolute Gasteiger partial charge is 0.217 e. The topological polar surface area (TPSA) is 30.2 Å². The highest BCUT2D eigenvalue weighted by atomic mass is 32.2. The van der Waals surface area contributed by atoms with E-state index in [1.54, 1.807) is 29.4 Å². The van der Waals surface area contributed by atoms with Gasteiger partial charge in [0.25, 0.3) is 0 Å². The molecule has 0 aliphatic carbocycles. The maximum absolute atomic E-state index is 4.05. The van der Waals surface area contributed by atoms with Gasteiger partial charge in [0, 0.05) is 4.90 Å². The third kappa shape index (κ3) is 0.994. The minimum atomic E-state index is 0.960. The number of aromatic nitrogens is 3. The molecule has 14 heavy (non-hydrogen) atoms. The lowest BCUT2D eigenvalue weighted by Crippen LogP contribution is -1.80. The van der Waals surface area contributed by atoms with Gasteiger partial charge in [0.15, 0.2) is 0 Å². The molecule has 0 bridgehead atoms. The summed E-state index contributed by atoms with van der Waals surface area (Å²) in [5.41, 5.74) is 1.23. The van der Waals surface area contributed by atoms with Crippen LogP contribution in [0.3, 0.4) is 0 Å². The molecule has 0 saturated carbocycles. The lowest BCUT2D eigenvalue weighted by atomic mass is 10.3. The van der Waals surface area contributed by atoms with E-state index in [0.717, 1.165) is 4.96 Å². The van der Waals surface area contributed by atoms with Crippen LogP contribution in [0.1, 0.15) is 0 Å². The fourth-order valence-electron chi connectivity index (χ4n) is 1.53. The van der Waals surface area contributed by atoms with Gasteiger partial charge >= 0.3 is 0 Å². The molecule has 0 aliphatic heterocycles. The summed E-state index contributed by atoms with van der Waals surface area (Å²) in [5.74, 6) is 0. The van der Waals surface area contributed by atoms with Gasteiger partial charge in [-0.3, -0.25) is 4.40 Å². The number of hydrogen-bond acceptors (Lipinski definition) is 4. The van der Waals surface area contributed by atoms with Crippen LogP contribution in [0.2, 0.25) is 0 Å². The normalized spacial score (nSPS) is 11.5. The van der Waals surface area contributed by atoms with Crippen LogP contribution >= 0.6 is 23.1 Å². The summed E-state index contributed by atoms with van der Waals surface area (Å²) in [4.78, 5) is 2.23. The van der Waals surface area contributed by atoms with Gasteiger partial charge in [-0.15, -0.1) is 22.0 Å². The highest BCUT2D eigenvalue weighted by molar-refractivity contribution is 7.98. The molecule has 5 heteroatoms. The first-order valence-electron chi connectivity index (χ1n) is 4.15. The molecule has 2 aromatic heterocycles. The fourth-order valence-corrected chi connectivity index (χ4v) is 3.19. The second kappa shape index (κ2) is 2.96. The van der Waals surface area contributed by atoms with E-state index in [1.165, 1.54) is 15.1 Å². The van der Waals surface area contributed by atoms with Crippen LogP contribution < -0.4 is 0 Å². The van der Waals surface area contributed by atoms with Gasteiger partial charge in [0.1, 0.15) is 6.33 Å². The molecule has 0 N–H and O–H groups in total. The van der Waals surface area contributed by atoms with Crippen LogP contribution in [0.15, 0.2) is 29.4 Å². The first kappa shape index (κ1) is 8.26. The Morgan fingerprint density at radius 1 is 1.43 bits per heavy atom. The zero-order valence-corrected chi connectivity index (χ0v) is 9.10. The zero-order chi connectivity index (χ0) is 9.54. The SMILES string of the molecule is CSc1cccc2sc3nncn3c12. The summed E-state index contributed by atoms with van der Waals surface area (Å²) in [6.07, 6.45) is 3.86. The van der Waals surface area contributed by atoms with E-state index in [0.29, 0.717) is 0 Å². The first-order chi connectivity index (χ1) is 6.90. The Balaban J connectivity index is 2.57. The van der Waals surface area contributed by atoms with E-state index in [2.05, 4.69) is 34.7 Å². The van der Waals surface area contributed by atoms with Gasteiger partial charge in [-0.2, -0.15) is 0 Å². The Morgan fingerprint density at radius 2 is 2.36 bits per heavy atom. The average molecular weight is 221 g/mol. The average Bonchev–Trinajstić information content (AvgIpc) is 2.75. The lowest BCUT2D eigenvalue weighted by Gasteiger charge is -1.97. The highest BCUT2D eigenvalue weighted by Gasteiger charge is 2.08. The molecule has 3 nitrogen and oxygen atoms in total. The zero-order valence-electron chi connectivity index (χ0n) is 7.47. The Morgan fingerprint density at radius 3 is 3.21 bits per heavy atom. The van der Waals surface area contributed by atoms with Crippen LogP contribution in [0.4, 0.5) is 0 Å². The second-order valence-corrected chi connectivity index (χ2v) is 4.75. The third-order valence-electron chi connectivity index (χ3n) is 2.14. The van der Waals surface area contributed by atoms with Crippen molar-refractivity contribution in [3.8, 4) is 0 Å². The van der Waals surface area contributed by atoms with E-state index in [4.69, 9.17) is 0 Å². The molecule has 3 rings (SSSR count). The number of thiazole rings is 1. The molecule has 0 spiro atoms. The van der Waals surface area contributed by atoms with Crippen molar-refractivity contribution in [2.24, 2.45) is 0 Å². The summed E-state index contributed by atoms with van der Waals surface area (Å²) in [7, 11) is 0. The minimum absolute atomic E-state index is 0.960. The van der Waals surface area contributed by atoms with Gasteiger partial charge in [-0.1, -0.05) is 17.4 Å². The van der Waals surface area contributed by atoms with Crippen molar-refractivity contribution in [2.45, 2.75) is 4.90 Å². The van der Waals surface area contributed by atoms with Crippen molar-refractivity contribution in [2.75, 3.05) is 6.26 Å². The molecule has 2 heterocycles. The maximum atomic E-state index is 4.05. The Hall–Kier alpha value is -1.07. The molecule has 0 amide bonds. The van der Waals surface area contributed by atoms with E-state index < -0.39 is 0 Å². The van der Waals surface area contributed by atoms with Crippen molar-refractivity contribution in [3.63, 3.8) is 0 Å². The summed E-state index contributed by atoms with van der Waals surface area (Å²) >= 11 is 3.43. The summed E-state index contributed by atoms with van der Waals surface area (Å²) in [6.45, 7) is 0. The van der Waals surface area contributed by atoms with Crippen LogP contribution in [0, 0.1) is 0 Å². The first-order valence-corrected chi connectivity index (χ1v) is 6.19. The molecule has 0 atom stereocenters. The van der Waals surface area contributed by atoms with Crippen molar-refractivity contribution in [1.82, 2.24) is 14.6 Å². The van der Waals surface area contributed by atoms with Gasteiger partial charge in [0.05, 0.1) is 10.2 Å². The largest absolute Gasteiger partial charge is 0.271 e. The molecular weight excluding hydrogens is 214 g/mol. The molecular formula is C9H7N3S2. The number of nitrogens with zero attached hydrogens (tertiary/aromatic N) is 3. The molecule has 0 fully saturated rings. The molecule has 3 aromatic rings.